The number of ether oxygens (including phenoxy) is 1. The van der Waals surface area contributed by atoms with E-state index in [0.717, 1.165) is 33.7 Å². The van der Waals surface area contributed by atoms with Crippen molar-refractivity contribution in [2.45, 2.75) is 17.6 Å². The highest BCUT2D eigenvalue weighted by atomic mass is 79.9. The molecule has 0 spiro atoms. The zero-order valence-electron chi connectivity index (χ0n) is 10.6. The molecule has 1 aliphatic rings. The van der Waals surface area contributed by atoms with Crippen LogP contribution >= 0.6 is 27.7 Å². The summed E-state index contributed by atoms with van der Waals surface area (Å²) in [7, 11) is 0. The Labute approximate surface area is 128 Å². The number of imidazole rings is 1. The number of rotatable bonds is 4. The molecule has 20 heavy (non-hydrogen) atoms. The van der Waals surface area contributed by atoms with Crippen LogP contribution in [0.15, 0.2) is 27.8 Å². The van der Waals surface area contributed by atoms with E-state index < -0.39 is 5.97 Å². The van der Waals surface area contributed by atoms with E-state index in [4.69, 9.17) is 9.84 Å². The lowest BCUT2D eigenvalue weighted by Crippen LogP contribution is -2.10. The summed E-state index contributed by atoms with van der Waals surface area (Å²) >= 11 is 4.73. The van der Waals surface area contributed by atoms with E-state index in [1.165, 1.54) is 11.8 Å². The number of hydrogen-bond acceptors (Lipinski definition) is 4. The van der Waals surface area contributed by atoms with Crippen LogP contribution in [0, 0.1) is 0 Å². The third kappa shape index (κ3) is 2.70. The summed E-state index contributed by atoms with van der Waals surface area (Å²) in [6, 6.07) is 6.13. The smallest absolute Gasteiger partial charge is 0.313 e. The van der Waals surface area contributed by atoms with E-state index >= 15 is 0 Å². The number of fused-ring (bicyclic) bond motifs is 1. The summed E-state index contributed by atoms with van der Waals surface area (Å²) < 4.78 is 8.55. The second-order valence-electron chi connectivity index (χ2n) is 4.60. The highest BCUT2D eigenvalue weighted by molar-refractivity contribution is 9.10. The van der Waals surface area contributed by atoms with Gasteiger partial charge in [0, 0.05) is 11.1 Å². The van der Waals surface area contributed by atoms with Gasteiger partial charge in [-0.3, -0.25) is 4.79 Å². The number of carboxylic acids is 1. The van der Waals surface area contributed by atoms with Gasteiger partial charge in [0.15, 0.2) is 5.16 Å². The van der Waals surface area contributed by atoms with E-state index in [1.54, 1.807) is 0 Å². The lowest BCUT2D eigenvalue weighted by Gasteiger charge is -2.14. The lowest BCUT2D eigenvalue weighted by molar-refractivity contribution is -0.133. The average molecular weight is 357 g/mol. The van der Waals surface area contributed by atoms with Gasteiger partial charge in [0.1, 0.15) is 0 Å². The molecular weight excluding hydrogens is 344 g/mol. The van der Waals surface area contributed by atoms with Gasteiger partial charge in [-0.05, 0) is 24.6 Å². The number of aliphatic carboxylic acids is 1. The summed E-state index contributed by atoms with van der Waals surface area (Å²) in [6.07, 6.45) is 0.929. The molecule has 2 aromatic rings. The molecule has 1 unspecified atom stereocenters. The minimum atomic E-state index is -0.836. The number of hydrogen-bond donors (Lipinski definition) is 1. The van der Waals surface area contributed by atoms with Gasteiger partial charge in [0.05, 0.1) is 29.4 Å². The predicted octanol–water partition coefficient (Wildman–Crippen LogP) is 2.94. The zero-order valence-corrected chi connectivity index (χ0v) is 13.0. The fraction of sp³-hybridized carbons (Fsp3) is 0.385. The Hall–Kier alpha value is -1.05. The van der Waals surface area contributed by atoms with Gasteiger partial charge in [-0.1, -0.05) is 27.7 Å². The number of halogens is 1. The van der Waals surface area contributed by atoms with Crippen LogP contribution in [0.1, 0.15) is 12.5 Å². The van der Waals surface area contributed by atoms with E-state index in [9.17, 15) is 4.79 Å². The monoisotopic (exact) mass is 356 g/mol. The molecule has 0 radical (unpaired) electrons. The molecule has 0 amide bonds. The Morgan fingerprint density at radius 3 is 3.15 bits per heavy atom. The van der Waals surface area contributed by atoms with Crippen LogP contribution in [-0.2, 0) is 9.53 Å². The molecule has 1 saturated heterocycles. The van der Waals surface area contributed by atoms with Crippen molar-refractivity contribution in [1.82, 2.24) is 9.55 Å². The molecule has 1 aromatic carbocycles. The number of carbonyl (C=O) groups is 1. The molecule has 0 saturated carbocycles. The quantitative estimate of drug-likeness (QED) is 0.853. The number of thioether (sulfide) groups is 1. The minimum Gasteiger partial charge on any atom is -0.481 e. The Bertz CT molecular complexity index is 652. The summed E-state index contributed by atoms with van der Waals surface area (Å²) in [5.74, 6) is -0.824. The first-order valence-electron chi connectivity index (χ1n) is 6.25. The molecule has 0 bridgehead atoms. The largest absolute Gasteiger partial charge is 0.481 e. The first-order valence-corrected chi connectivity index (χ1v) is 8.03. The fourth-order valence-electron chi connectivity index (χ4n) is 2.35. The summed E-state index contributed by atoms with van der Waals surface area (Å²) in [6.45, 7) is 1.39. The van der Waals surface area contributed by atoms with Gasteiger partial charge in [0.25, 0.3) is 0 Å². The number of nitrogens with zero attached hydrogens (tertiary/aromatic N) is 2. The molecule has 1 N–H and O–H groups in total. The highest BCUT2D eigenvalue weighted by Crippen LogP contribution is 2.32. The molecule has 1 fully saturated rings. The second kappa shape index (κ2) is 5.75. The van der Waals surface area contributed by atoms with Crippen molar-refractivity contribution >= 4 is 44.7 Å². The Kier molecular flexibility index (Phi) is 4.00. The molecule has 2 heterocycles. The molecule has 106 valence electrons. The van der Waals surface area contributed by atoms with Crippen molar-refractivity contribution in [3.63, 3.8) is 0 Å². The maximum absolute atomic E-state index is 10.8. The molecule has 0 aliphatic carbocycles. The third-order valence-electron chi connectivity index (χ3n) is 3.21. The Balaban J connectivity index is 2.06. The molecule has 1 aliphatic heterocycles. The second-order valence-corrected chi connectivity index (χ2v) is 6.46. The fourth-order valence-corrected chi connectivity index (χ4v) is 3.50. The number of aromatic nitrogens is 2. The number of benzene rings is 1. The molecule has 1 aromatic heterocycles. The molecular formula is C13H13BrN2O3S. The van der Waals surface area contributed by atoms with Crippen LogP contribution in [0.3, 0.4) is 0 Å². The van der Waals surface area contributed by atoms with Crippen LogP contribution in [-0.4, -0.2) is 39.6 Å². The first-order chi connectivity index (χ1) is 9.65. The standard InChI is InChI=1S/C13H13BrN2O3S/c14-8-1-2-10-11(5-8)16(9-3-4-19-6-9)13(15-10)20-7-12(17)18/h1-2,5,9H,3-4,6-7H2,(H,17,18). The zero-order chi connectivity index (χ0) is 14.1. The molecule has 1 atom stereocenters. The maximum atomic E-state index is 10.8. The van der Waals surface area contributed by atoms with Gasteiger partial charge >= 0.3 is 5.97 Å². The van der Waals surface area contributed by atoms with Crippen LogP contribution in [0.25, 0.3) is 11.0 Å². The van der Waals surface area contributed by atoms with Crippen molar-refractivity contribution < 1.29 is 14.6 Å². The van der Waals surface area contributed by atoms with Crippen LogP contribution in [0.5, 0.6) is 0 Å². The van der Waals surface area contributed by atoms with Crippen LogP contribution in [0.2, 0.25) is 0 Å². The van der Waals surface area contributed by atoms with Gasteiger partial charge < -0.3 is 14.4 Å². The van der Waals surface area contributed by atoms with E-state index in [0.29, 0.717) is 6.61 Å². The summed E-state index contributed by atoms with van der Waals surface area (Å²) in [4.78, 5) is 15.3. The number of carboxylic acid groups (broad SMARTS) is 1. The van der Waals surface area contributed by atoms with Crippen molar-refractivity contribution in [3.05, 3.63) is 22.7 Å². The van der Waals surface area contributed by atoms with Gasteiger partial charge in [-0.15, -0.1) is 0 Å². The maximum Gasteiger partial charge on any atom is 0.313 e. The van der Waals surface area contributed by atoms with Crippen LogP contribution < -0.4 is 0 Å². The first kappa shape index (κ1) is 13.9. The van der Waals surface area contributed by atoms with Gasteiger partial charge in [-0.25, -0.2) is 4.98 Å². The third-order valence-corrected chi connectivity index (χ3v) is 4.65. The minimum absolute atomic E-state index is 0.0120. The normalized spacial score (nSPS) is 18.8. The van der Waals surface area contributed by atoms with Crippen LogP contribution in [0.4, 0.5) is 0 Å². The van der Waals surface area contributed by atoms with Crippen molar-refractivity contribution in [1.29, 1.82) is 0 Å². The van der Waals surface area contributed by atoms with Crippen molar-refractivity contribution in [2.75, 3.05) is 19.0 Å². The van der Waals surface area contributed by atoms with E-state index in [-0.39, 0.29) is 11.8 Å². The van der Waals surface area contributed by atoms with Gasteiger partial charge in [-0.2, -0.15) is 0 Å². The molecule has 5 nitrogen and oxygen atoms in total. The van der Waals surface area contributed by atoms with Gasteiger partial charge in [0.2, 0.25) is 0 Å². The SMILES string of the molecule is O=C(O)CSc1nc2ccc(Br)cc2n1C1CCOC1. The van der Waals surface area contributed by atoms with Crippen molar-refractivity contribution in [3.8, 4) is 0 Å². The molecule has 3 rings (SSSR count). The van der Waals surface area contributed by atoms with Crippen molar-refractivity contribution in [2.24, 2.45) is 0 Å². The average Bonchev–Trinajstić information content (AvgIpc) is 3.02. The Morgan fingerprint density at radius 2 is 2.45 bits per heavy atom. The van der Waals surface area contributed by atoms with E-state index in [2.05, 4.69) is 25.5 Å². The summed E-state index contributed by atoms with van der Waals surface area (Å²) in [5.41, 5.74) is 1.90. The lowest BCUT2D eigenvalue weighted by atomic mass is 10.2. The Morgan fingerprint density at radius 1 is 1.60 bits per heavy atom. The summed E-state index contributed by atoms with van der Waals surface area (Å²) in [5, 5.41) is 9.61. The topological polar surface area (TPSA) is 64.3 Å². The molecule has 7 heteroatoms. The highest BCUT2D eigenvalue weighted by Gasteiger charge is 2.24. The van der Waals surface area contributed by atoms with E-state index in [1.807, 2.05) is 18.2 Å². The predicted molar refractivity (Wildman–Crippen MR) is 80.3 cm³/mol.